The Morgan fingerprint density at radius 2 is 1.52 bits per heavy atom. The topological polar surface area (TPSA) is 91.1 Å². The third kappa shape index (κ3) is 5.51. The van der Waals surface area contributed by atoms with Crippen molar-refractivity contribution in [3.8, 4) is 0 Å². The van der Waals surface area contributed by atoms with Crippen LogP contribution in [-0.4, -0.2) is 46.9 Å². The van der Waals surface area contributed by atoms with Gasteiger partial charge in [0.25, 0.3) is 0 Å². The van der Waals surface area contributed by atoms with E-state index in [2.05, 4.69) is 0 Å². The molecule has 1 aliphatic heterocycles. The Balaban J connectivity index is 2.52. The van der Waals surface area contributed by atoms with Crippen molar-refractivity contribution in [1.29, 1.82) is 0 Å². The molecular weight excluding hydrogens is 276 g/mol. The molecule has 0 unspecified atom stereocenters. The lowest BCUT2D eigenvalue weighted by Crippen LogP contribution is -2.67. The minimum atomic E-state index is -0.890. The molecule has 122 valence electrons. The van der Waals surface area contributed by atoms with Crippen LogP contribution in [0.3, 0.4) is 0 Å². The van der Waals surface area contributed by atoms with Gasteiger partial charge in [0.15, 0.2) is 0 Å². The highest BCUT2D eigenvalue weighted by Gasteiger charge is 2.49. The summed E-state index contributed by atoms with van der Waals surface area (Å²) in [6, 6.07) is 0. The summed E-state index contributed by atoms with van der Waals surface area (Å²) in [5.41, 5.74) is -2.02. The summed E-state index contributed by atoms with van der Waals surface area (Å²) in [4.78, 5) is 30.1. The maximum Gasteiger partial charge on any atom is 0.410 e. The van der Waals surface area contributed by atoms with Crippen LogP contribution in [0, 0.1) is 0 Å². The Hall–Kier alpha value is -1.34. The summed E-state index contributed by atoms with van der Waals surface area (Å²) in [6.45, 7) is 11.1. The third-order valence-corrected chi connectivity index (χ3v) is 2.75. The molecule has 21 heavy (non-hydrogen) atoms. The smallest absolute Gasteiger partial charge is 0.410 e. The van der Waals surface area contributed by atoms with Gasteiger partial charge in [0.2, 0.25) is 0 Å². The van der Waals surface area contributed by atoms with Gasteiger partial charge in [-0.15, -0.1) is 0 Å². The minimum Gasteiger partial charge on any atom is -0.460 e. The van der Waals surface area contributed by atoms with Gasteiger partial charge in [-0.25, -0.2) is 10.7 Å². The molecule has 2 N–H and O–H groups in total. The zero-order valence-electron chi connectivity index (χ0n) is 13.7. The van der Waals surface area contributed by atoms with E-state index in [1.807, 2.05) is 0 Å². The number of nitrogens with zero attached hydrogens (tertiary/aromatic N) is 1. The maximum absolute atomic E-state index is 11.9. The van der Waals surface area contributed by atoms with Gasteiger partial charge >= 0.3 is 12.1 Å². The van der Waals surface area contributed by atoms with Crippen molar-refractivity contribution >= 4 is 12.1 Å². The van der Waals surface area contributed by atoms with Crippen LogP contribution in [0.5, 0.6) is 0 Å². The first-order chi connectivity index (χ1) is 9.36. The fourth-order valence-electron chi connectivity index (χ4n) is 1.97. The molecular formula is C14H26N2O5. The number of hydrogen-bond acceptors (Lipinski definition) is 6. The fourth-order valence-corrected chi connectivity index (χ4v) is 1.97. The zero-order valence-corrected chi connectivity index (χ0v) is 13.7. The van der Waals surface area contributed by atoms with E-state index >= 15 is 0 Å². The van der Waals surface area contributed by atoms with E-state index in [-0.39, 0.29) is 19.5 Å². The number of esters is 1. The van der Waals surface area contributed by atoms with Gasteiger partial charge in [-0.2, -0.15) is 0 Å². The largest absolute Gasteiger partial charge is 0.460 e. The molecule has 0 atom stereocenters. The third-order valence-electron chi connectivity index (χ3n) is 2.75. The maximum atomic E-state index is 11.9. The van der Waals surface area contributed by atoms with Crippen molar-refractivity contribution < 1.29 is 23.9 Å². The predicted molar refractivity (Wildman–Crippen MR) is 76.3 cm³/mol. The summed E-state index contributed by atoms with van der Waals surface area (Å²) >= 11 is 0. The second-order valence-corrected chi connectivity index (χ2v) is 7.40. The summed E-state index contributed by atoms with van der Waals surface area (Å²) in [5.74, 6) is 4.88. The van der Waals surface area contributed by atoms with E-state index < -0.39 is 28.9 Å². The van der Waals surface area contributed by atoms with Crippen molar-refractivity contribution in [3.63, 3.8) is 0 Å². The zero-order chi connectivity index (χ0) is 16.5. The van der Waals surface area contributed by atoms with Crippen molar-refractivity contribution in [2.75, 3.05) is 13.1 Å². The highest BCUT2D eigenvalue weighted by molar-refractivity contribution is 5.74. The van der Waals surface area contributed by atoms with Gasteiger partial charge in [-0.05, 0) is 41.5 Å². The number of nitrogens with two attached hydrogens (primary N) is 1. The molecule has 0 bridgehead atoms. The Labute approximate surface area is 125 Å². The second-order valence-electron chi connectivity index (χ2n) is 7.40. The van der Waals surface area contributed by atoms with Crippen molar-refractivity contribution in [2.45, 2.75) is 64.8 Å². The van der Waals surface area contributed by atoms with Crippen LogP contribution in [0.1, 0.15) is 48.0 Å². The molecule has 7 heteroatoms. The monoisotopic (exact) mass is 302 g/mol. The van der Waals surface area contributed by atoms with E-state index in [0.717, 1.165) is 0 Å². The molecule has 1 fully saturated rings. The molecule has 0 aromatic rings. The molecule has 0 aromatic carbocycles. The van der Waals surface area contributed by atoms with Gasteiger partial charge in [-0.3, -0.25) is 9.63 Å². The van der Waals surface area contributed by atoms with Gasteiger partial charge in [0.1, 0.15) is 16.8 Å². The highest BCUT2D eigenvalue weighted by atomic mass is 16.6. The van der Waals surface area contributed by atoms with Crippen molar-refractivity contribution in [3.05, 3.63) is 0 Å². The molecule has 1 amide bonds. The fraction of sp³-hybridized carbons (Fsp3) is 0.857. The first-order valence-electron chi connectivity index (χ1n) is 6.93. The average Bonchev–Trinajstić information content (AvgIpc) is 2.17. The summed E-state index contributed by atoms with van der Waals surface area (Å²) in [7, 11) is 0. The van der Waals surface area contributed by atoms with Crippen LogP contribution in [0.4, 0.5) is 4.79 Å². The van der Waals surface area contributed by atoms with Crippen LogP contribution >= 0.6 is 0 Å². The minimum absolute atomic E-state index is 0.0000673. The molecule has 1 saturated heterocycles. The van der Waals surface area contributed by atoms with Gasteiger partial charge in [0, 0.05) is 0 Å². The number of ether oxygens (including phenoxy) is 2. The second kappa shape index (κ2) is 5.81. The number of carbonyl (C=O) groups excluding carboxylic acids is 2. The van der Waals surface area contributed by atoms with E-state index in [1.54, 1.807) is 41.5 Å². The Bertz CT molecular complexity index is 403. The molecule has 0 saturated carbocycles. The van der Waals surface area contributed by atoms with Crippen LogP contribution in [0.2, 0.25) is 0 Å². The number of amides is 1. The molecule has 0 spiro atoms. The quantitative estimate of drug-likeness (QED) is 0.629. The SMILES string of the molecule is CC(C)(C)OC(=O)CC1(ON)CN(C(=O)OC(C)(C)C)C1. The summed E-state index contributed by atoms with van der Waals surface area (Å²) in [6.07, 6.45) is -0.445. The van der Waals surface area contributed by atoms with Gasteiger partial charge in [0.05, 0.1) is 19.5 Å². The van der Waals surface area contributed by atoms with Crippen molar-refractivity contribution in [2.24, 2.45) is 5.90 Å². The molecule has 1 rings (SSSR count). The average molecular weight is 302 g/mol. The van der Waals surface area contributed by atoms with Crippen LogP contribution in [-0.2, 0) is 19.1 Å². The Morgan fingerprint density at radius 3 is 1.90 bits per heavy atom. The number of carbonyl (C=O) groups is 2. The lowest BCUT2D eigenvalue weighted by Gasteiger charge is -2.47. The molecule has 0 aliphatic carbocycles. The first kappa shape index (κ1) is 17.7. The Morgan fingerprint density at radius 1 is 1.05 bits per heavy atom. The first-order valence-corrected chi connectivity index (χ1v) is 6.93. The summed E-state index contributed by atoms with van der Waals surface area (Å²) in [5, 5.41) is 0. The number of hydrogen-bond donors (Lipinski definition) is 1. The normalized spacial score (nSPS) is 18.0. The van der Waals surface area contributed by atoms with E-state index in [9.17, 15) is 9.59 Å². The predicted octanol–water partition coefficient (Wildman–Crippen LogP) is 1.60. The Kier molecular flexibility index (Phi) is 4.90. The van der Waals surface area contributed by atoms with Crippen molar-refractivity contribution in [1.82, 2.24) is 4.90 Å². The lowest BCUT2D eigenvalue weighted by atomic mass is 9.90. The van der Waals surface area contributed by atoms with E-state index in [1.165, 1.54) is 4.90 Å². The van der Waals surface area contributed by atoms with Gasteiger partial charge in [-0.1, -0.05) is 0 Å². The standard InChI is InChI=1S/C14H26N2O5/c1-12(2,3)19-10(17)7-14(21-15)8-16(9-14)11(18)20-13(4,5)6/h7-9,15H2,1-6H3. The number of likely N-dealkylation sites (tertiary alicyclic amines) is 1. The molecule has 7 nitrogen and oxygen atoms in total. The molecule has 0 aromatic heterocycles. The van der Waals surface area contributed by atoms with E-state index in [0.29, 0.717) is 0 Å². The van der Waals surface area contributed by atoms with Gasteiger partial charge < -0.3 is 14.4 Å². The summed E-state index contributed by atoms with van der Waals surface area (Å²) < 4.78 is 10.5. The van der Waals surface area contributed by atoms with E-state index in [4.69, 9.17) is 20.2 Å². The number of rotatable bonds is 3. The van der Waals surface area contributed by atoms with Crippen LogP contribution in [0.25, 0.3) is 0 Å². The van der Waals surface area contributed by atoms with Crippen LogP contribution in [0.15, 0.2) is 0 Å². The lowest BCUT2D eigenvalue weighted by molar-refractivity contribution is -0.179. The highest BCUT2D eigenvalue weighted by Crippen LogP contribution is 2.30. The molecule has 0 radical (unpaired) electrons. The molecule has 1 aliphatic rings. The van der Waals surface area contributed by atoms with Crippen LogP contribution < -0.4 is 5.90 Å². The molecule has 1 heterocycles.